The van der Waals surface area contributed by atoms with Gasteiger partial charge >= 0.3 is 0 Å². The second-order valence-corrected chi connectivity index (χ2v) is 9.63. The van der Waals surface area contributed by atoms with Gasteiger partial charge in [0.05, 0.1) is 27.4 Å². The molecule has 3 aromatic rings. The molecule has 200 valence electrons. The zero-order chi connectivity index (χ0) is 28.1. The molecule has 12 heteroatoms. The van der Waals surface area contributed by atoms with E-state index in [4.69, 9.17) is 56.5 Å². The normalized spacial score (nSPS) is 14.3. The van der Waals surface area contributed by atoms with Crippen molar-refractivity contribution < 1.29 is 23.9 Å². The molecule has 1 heterocycles. The first-order chi connectivity index (χ1) is 18.7. The first kappa shape index (κ1) is 28.4. The highest BCUT2D eigenvalue weighted by Crippen LogP contribution is 2.38. The summed E-state index contributed by atoms with van der Waals surface area (Å²) in [6.07, 6.45) is 1.38. The number of hydrogen-bond acceptors (Lipinski definition) is 6. The average Bonchev–Trinajstić information content (AvgIpc) is 2.89. The van der Waals surface area contributed by atoms with Crippen LogP contribution in [0.3, 0.4) is 0 Å². The maximum absolute atomic E-state index is 13.2. The maximum Gasteiger partial charge on any atom is 0.270 e. The van der Waals surface area contributed by atoms with Crippen molar-refractivity contribution in [3.8, 4) is 11.5 Å². The van der Waals surface area contributed by atoms with E-state index < -0.39 is 17.7 Å². The van der Waals surface area contributed by atoms with Crippen molar-refractivity contribution in [1.82, 2.24) is 5.32 Å². The number of thiocarbonyl (C=S) groups is 1. The largest absolute Gasteiger partial charge is 0.490 e. The molecule has 0 unspecified atom stereocenters. The molecular formula is C27H20Cl3N3O5S. The summed E-state index contributed by atoms with van der Waals surface area (Å²) in [5.41, 5.74) is 1.20. The summed E-state index contributed by atoms with van der Waals surface area (Å²) in [4.78, 5) is 39.6. The summed E-state index contributed by atoms with van der Waals surface area (Å²) >= 11 is 23.6. The van der Waals surface area contributed by atoms with Crippen LogP contribution in [0.1, 0.15) is 12.5 Å². The predicted molar refractivity (Wildman–Crippen MR) is 156 cm³/mol. The first-order valence-corrected chi connectivity index (χ1v) is 13.0. The zero-order valence-electron chi connectivity index (χ0n) is 20.3. The molecule has 1 aliphatic heterocycles. The third-order valence-electron chi connectivity index (χ3n) is 5.31. The van der Waals surface area contributed by atoms with Crippen molar-refractivity contribution in [2.24, 2.45) is 0 Å². The van der Waals surface area contributed by atoms with Crippen molar-refractivity contribution in [1.29, 1.82) is 0 Å². The fraction of sp³-hybridized carbons (Fsp3) is 0.111. The van der Waals surface area contributed by atoms with Crippen molar-refractivity contribution in [2.75, 3.05) is 23.4 Å². The number of rotatable bonds is 8. The molecule has 0 saturated carbocycles. The highest BCUT2D eigenvalue weighted by Gasteiger charge is 2.34. The van der Waals surface area contributed by atoms with Gasteiger partial charge in [-0.15, -0.1) is 0 Å². The lowest BCUT2D eigenvalue weighted by Crippen LogP contribution is -2.54. The van der Waals surface area contributed by atoms with Gasteiger partial charge in [0.1, 0.15) is 5.57 Å². The van der Waals surface area contributed by atoms with Gasteiger partial charge in [-0.2, -0.15) is 0 Å². The van der Waals surface area contributed by atoms with Crippen LogP contribution in [0, 0.1) is 0 Å². The number of anilines is 2. The summed E-state index contributed by atoms with van der Waals surface area (Å²) in [6.45, 7) is 1.64. The Hall–Kier alpha value is -3.63. The number of halogens is 3. The average molecular weight is 605 g/mol. The molecule has 8 nitrogen and oxygen atoms in total. The van der Waals surface area contributed by atoms with Crippen LogP contribution in [0.15, 0.2) is 66.2 Å². The third kappa shape index (κ3) is 6.69. The van der Waals surface area contributed by atoms with Crippen LogP contribution >= 0.6 is 47.0 Å². The molecule has 1 saturated heterocycles. The molecule has 0 radical (unpaired) electrons. The smallest absolute Gasteiger partial charge is 0.270 e. The topological polar surface area (TPSA) is 97.0 Å². The fourth-order valence-electron chi connectivity index (χ4n) is 3.62. The van der Waals surface area contributed by atoms with Crippen molar-refractivity contribution in [3.05, 3.63) is 86.9 Å². The number of carbonyl (C=O) groups excluding carboxylic acids is 3. The summed E-state index contributed by atoms with van der Waals surface area (Å²) < 4.78 is 11.3. The predicted octanol–water partition coefficient (Wildman–Crippen LogP) is 5.89. The Bertz CT molecular complexity index is 1500. The Morgan fingerprint density at radius 1 is 1.00 bits per heavy atom. The number of nitrogens with one attached hydrogen (secondary N) is 2. The highest BCUT2D eigenvalue weighted by molar-refractivity contribution is 7.80. The van der Waals surface area contributed by atoms with E-state index in [0.29, 0.717) is 27.0 Å². The molecule has 0 spiro atoms. The van der Waals surface area contributed by atoms with Gasteiger partial charge in [0.2, 0.25) is 0 Å². The molecule has 39 heavy (non-hydrogen) atoms. The molecule has 2 N–H and O–H groups in total. The zero-order valence-corrected chi connectivity index (χ0v) is 23.4. The molecule has 1 aliphatic rings. The Morgan fingerprint density at radius 2 is 1.74 bits per heavy atom. The van der Waals surface area contributed by atoms with E-state index in [1.807, 2.05) is 0 Å². The van der Waals surface area contributed by atoms with E-state index >= 15 is 0 Å². The van der Waals surface area contributed by atoms with Crippen LogP contribution < -0.4 is 25.0 Å². The number of hydrogen-bond donors (Lipinski definition) is 2. The fourth-order valence-corrected chi connectivity index (χ4v) is 4.47. The van der Waals surface area contributed by atoms with Crippen LogP contribution in [-0.4, -0.2) is 36.0 Å². The van der Waals surface area contributed by atoms with Crippen LogP contribution in [0.25, 0.3) is 6.08 Å². The Morgan fingerprint density at radius 3 is 2.44 bits per heavy atom. The van der Waals surface area contributed by atoms with Crippen molar-refractivity contribution in [2.45, 2.75) is 6.92 Å². The second kappa shape index (κ2) is 12.5. The van der Waals surface area contributed by atoms with Crippen LogP contribution in [0.2, 0.25) is 15.1 Å². The molecule has 0 atom stereocenters. The van der Waals surface area contributed by atoms with Gasteiger partial charge < -0.3 is 14.8 Å². The highest BCUT2D eigenvalue weighted by atomic mass is 35.5. The summed E-state index contributed by atoms with van der Waals surface area (Å²) in [5.74, 6) is -1.37. The second-order valence-electron chi connectivity index (χ2n) is 8.02. The van der Waals surface area contributed by atoms with E-state index in [-0.39, 0.29) is 40.4 Å². The number of ether oxygens (including phenoxy) is 2. The number of amides is 3. The van der Waals surface area contributed by atoms with Gasteiger partial charge in [-0.05, 0) is 73.2 Å². The monoisotopic (exact) mass is 603 g/mol. The number of para-hydroxylation sites is 1. The first-order valence-electron chi connectivity index (χ1n) is 11.5. The lowest BCUT2D eigenvalue weighted by molar-refractivity contribution is -0.122. The minimum atomic E-state index is -0.648. The van der Waals surface area contributed by atoms with E-state index in [1.54, 1.807) is 55.5 Å². The molecule has 3 amide bonds. The van der Waals surface area contributed by atoms with Gasteiger partial charge in [0, 0.05) is 5.69 Å². The third-order valence-corrected chi connectivity index (χ3v) is 6.61. The molecule has 1 fully saturated rings. The lowest BCUT2D eigenvalue weighted by atomic mass is 10.1. The Balaban J connectivity index is 1.56. The van der Waals surface area contributed by atoms with E-state index in [0.717, 1.165) is 0 Å². The SMILES string of the molecule is CCOc1cc(/C=C2/C(=O)NC(=S)N(c3ccccc3)C2=O)cc(Cl)c1OCC(=O)Nc1ccc(Cl)c(Cl)c1. The van der Waals surface area contributed by atoms with Crippen LogP contribution in [-0.2, 0) is 14.4 Å². The minimum Gasteiger partial charge on any atom is -0.490 e. The number of carbonyl (C=O) groups is 3. The van der Waals surface area contributed by atoms with Gasteiger partial charge in [-0.1, -0.05) is 53.0 Å². The summed E-state index contributed by atoms with van der Waals surface area (Å²) in [6, 6.07) is 16.4. The van der Waals surface area contributed by atoms with Crippen LogP contribution in [0.4, 0.5) is 11.4 Å². The van der Waals surface area contributed by atoms with Gasteiger partial charge in [-0.25, -0.2) is 0 Å². The quantitative estimate of drug-likeness (QED) is 0.189. The van der Waals surface area contributed by atoms with E-state index in [1.165, 1.54) is 23.1 Å². The molecule has 3 aromatic carbocycles. The standard InChI is InChI=1S/C27H20Cl3N3O5S/c1-2-37-22-12-15(10-18-25(35)32-27(39)33(26(18)36)17-6-4-3-5-7-17)11-21(30)24(22)38-14-23(34)31-16-8-9-19(28)20(29)13-16/h3-13H,2,14H2,1H3,(H,31,34)(H,32,35,39)/b18-10-. The molecule has 0 aliphatic carbocycles. The molecule has 0 aromatic heterocycles. The van der Waals surface area contributed by atoms with Crippen molar-refractivity contribution >= 4 is 87.3 Å². The van der Waals surface area contributed by atoms with E-state index in [9.17, 15) is 14.4 Å². The van der Waals surface area contributed by atoms with Gasteiger partial charge in [0.15, 0.2) is 23.2 Å². The molecule has 4 rings (SSSR count). The Labute approximate surface area is 244 Å². The lowest BCUT2D eigenvalue weighted by Gasteiger charge is -2.28. The maximum atomic E-state index is 13.2. The van der Waals surface area contributed by atoms with Crippen LogP contribution in [0.5, 0.6) is 11.5 Å². The number of benzene rings is 3. The Kier molecular flexibility index (Phi) is 9.08. The summed E-state index contributed by atoms with van der Waals surface area (Å²) in [7, 11) is 0. The van der Waals surface area contributed by atoms with E-state index in [2.05, 4.69) is 10.6 Å². The van der Waals surface area contributed by atoms with Crippen molar-refractivity contribution in [3.63, 3.8) is 0 Å². The minimum absolute atomic E-state index is 0.0238. The van der Waals surface area contributed by atoms with Gasteiger partial charge in [0.25, 0.3) is 17.7 Å². The summed E-state index contributed by atoms with van der Waals surface area (Å²) in [5, 5.41) is 5.92. The molecule has 0 bridgehead atoms. The van der Waals surface area contributed by atoms with Gasteiger partial charge in [-0.3, -0.25) is 24.6 Å². The number of nitrogens with zero attached hydrogens (tertiary/aromatic N) is 1. The molecular weight excluding hydrogens is 585 g/mol.